The highest BCUT2D eigenvalue weighted by atomic mass is 19.1. The van der Waals surface area contributed by atoms with E-state index in [9.17, 15) is 9.90 Å². The molecular formula is C33H38FN5O4. The maximum absolute atomic E-state index is 15.3. The summed E-state index contributed by atoms with van der Waals surface area (Å²) >= 11 is 0. The SMILES string of the molecule is Cc1ccc(N2CCC[C@H](N(Cc3ccnc(C)c3)Cc3cn4c5c(c(OCCO)c(F)cc5c3=O)OC[C@@H]4C)C2)cn1. The molecule has 0 aliphatic carbocycles. The van der Waals surface area contributed by atoms with Gasteiger partial charge in [0.25, 0.3) is 0 Å². The van der Waals surface area contributed by atoms with Crippen LogP contribution in [0.25, 0.3) is 10.9 Å². The lowest BCUT2D eigenvalue weighted by molar-refractivity contribution is 0.157. The van der Waals surface area contributed by atoms with Gasteiger partial charge >= 0.3 is 0 Å². The molecule has 5 heterocycles. The van der Waals surface area contributed by atoms with Crippen molar-refractivity contribution in [3.05, 3.63) is 87.5 Å². The van der Waals surface area contributed by atoms with Crippen LogP contribution in [0.5, 0.6) is 11.5 Å². The number of aryl methyl sites for hydroxylation is 2. The first-order valence-electron chi connectivity index (χ1n) is 14.9. The number of anilines is 1. The van der Waals surface area contributed by atoms with Crippen LogP contribution in [-0.4, -0.2) is 63.5 Å². The summed E-state index contributed by atoms with van der Waals surface area (Å²) in [6.07, 6.45) is 7.68. The zero-order valence-electron chi connectivity index (χ0n) is 24.9. The number of halogens is 1. The van der Waals surface area contributed by atoms with Gasteiger partial charge in [-0.3, -0.25) is 19.7 Å². The Bertz CT molecular complexity index is 1680. The topological polar surface area (TPSA) is 93.0 Å². The van der Waals surface area contributed by atoms with Crippen LogP contribution in [0.15, 0.2) is 53.7 Å². The summed E-state index contributed by atoms with van der Waals surface area (Å²) in [7, 11) is 0. The highest BCUT2D eigenvalue weighted by Crippen LogP contribution is 2.41. The van der Waals surface area contributed by atoms with Gasteiger partial charge < -0.3 is 24.0 Å². The minimum atomic E-state index is -0.676. The van der Waals surface area contributed by atoms with Crippen molar-refractivity contribution in [3.63, 3.8) is 0 Å². The molecule has 0 spiro atoms. The number of hydrogen-bond donors (Lipinski definition) is 1. The van der Waals surface area contributed by atoms with Gasteiger partial charge in [0.15, 0.2) is 22.7 Å². The van der Waals surface area contributed by atoms with E-state index in [1.54, 1.807) is 0 Å². The smallest absolute Gasteiger partial charge is 0.199 e. The van der Waals surface area contributed by atoms with E-state index in [0.29, 0.717) is 30.8 Å². The highest BCUT2D eigenvalue weighted by Gasteiger charge is 2.30. The van der Waals surface area contributed by atoms with Gasteiger partial charge in [0.2, 0.25) is 0 Å². The van der Waals surface area contributed by atoms with E-state index in [1.807, 2.05) is 56.1 Å². The maximum Gasteiger partial charge on any atom is 0.199 e. The first-order valence-corrected chi connectivity index (χ1v) is 14.9. The number of pyridine rings is 3. The lowest BCUT2D eigenvalue weighted by Crippen LogP contribution is -2.48. The molecule has 0 radical (unpaired) electrons. The quantitative estimate of drug-likeness (QED) is 0.305. The van der Waals surface area contributed by atoms with Gasteiger partial charge in [-0.2, -0.15) is 0 Å². The molecule has 0 bridgehead atoms. The van der Waals surface area contributed by atoms with Gasteiger partial charge in [0.05, 0.1) is 35.4 Å². The molecule has 3 aromatic heterocycles. The summed E-state index contributed by atoms with van der Waals surface area (Å²) in [5.41, 5.74) is 5.07. The van der Waals surface area contributed by atoms with Crippen LogP contribution in [0, 0.1) is 19.7 Å². The van der Waals surface area contributed by atoms with Crippen LogP contribution in [0.1, 0.15) is 48.3 Å². The Labute approximate surface area is 250 Å². The number of aliphatic hydroxyl groups is 1. The molecule has 43 heavy (non-hydrogen) atoms. The van der Waals surface area contributed by atoms with Gasteiger partial charge in [-0.15, -0.1) is 0 Å². The van der Waals surface area contributed by atoms with E-state index in [4.69, 9.17) is 9.47 Å². The number of piperidine rings is 1. The Morgan fingerprint density at radius 3 is 2.79 bits per heavy atom. The average Bonchev–Trinajstić information content (AvgIpc) is 3.00. The van der Waals surface area contributed by atoms with Crippen LogP contribution >= 0.6 is 0 Å². The monoisotopic (exact) mass is 587 g/mol. The number of ether oxygens (including phenoxy) is 2. The number of rotatable bonds is 9. The largest absolute Gasteiger partial charge is 0.485 e. The van der Waals surface area contributed by atoms with Gasteiger partial charge in [-0.25, -0.2) is 4.39 Å². The van der Waals surface area contributed by atoms with E-state index in [1.165, 1.54) is 6.07 Å². The second kappa shape index (κ2) is 12.3. The summed E-state index contributed by atoms with van der Waals surface area (Å²) in [5, 5.41) is 9.50. The fraction of sp³-hybridized carbons (Fsp3) is 0.424. The standard InChI is InChI=1S/C33H38FN5O4/c1-21-6-7-26(15-36-21)37-10-4-5-27(19-37)38(16-24-8-9-35-22(2)13-24)17-25-18-39-23(3)20-43-33-30(39)28(31(25)41)14-29(34)32(33)42-12-11-40/h6-9,13-15,18,23,27,40H,4-5,10-12,16-17,19-20H2,1-3H3/t23-,27-/m0/s1. The zero-order valence-corrected chi connectivity index (χ0v) is 24.9. The van der Waals surface area contributed by atoms with Crippen molar-refractivity contribution in [3.8, 4) is 11.5 Å². The lowest BCUT2D eigenvalue weighted by Gasteiger charge is -2.40. The van der Waals surface area contributed by atoms with Gasteiger partial charge in [-0.1, -0.05) is 0 Å². The molecule has 0 unspecified atom stereocenters. The first-order chi connectivity index (χ1) is 20.8. The fourth-order valence-corrected chi connectivity index (χ4v) is 6.26. The maximum atomic E-state index is 15.3. The first kappa shape index (κ1) is 29.1. The van der Waals surface area contributed by atoms with Crippen molar-refractivity contribution in [2.24, 2.45) is 0 Å². The molecule has 6 rings (SSSR count). The van der Waals surface area contributed by atoms with Crippen LogP contribution in [0.3, 0.4) is 0 Å². The minimum absolute atomic E-state index is 0.0685. The number of aromatic nitrogens is 3. The lowest BCUT2D eigenvalue weighted by atomic mass is 10.0. The van der Waals surface area contributed by atoms with Gasteiger partial charge in [-0.05, 0) is 69.5 Å². The van der Waals surface area contributed by atoms with E-state index in [-0.39, 0.29) is 47.6 Å². The molecular weight excluding hydrogens is 549 g/mol. The molecule has 1 saturated heterocycles. The molecule has 0 amide bonds. The zero-order chi connectivity index (χ0) is 30.1. The van der Waals surface area contributed by atoms with Crippen LogP contribution < -0.4 is 19.8 Å². The third-order valence-electron chi connectivity index (χ3n) is 8.43. The van der Waals surface area contributed by atoms with E-state index >= 15 is 4.39 Å². The van der Waals surface area contributed by atoms with Crippen molar-refractivity contribution in [2.45, 2.75) is 58.8 Å². The van der Waals surface area contributed by atoms with Crippen LogP contribution in [-0.2, 0) is 13.1 Å². The van der Waals surface area contributed by atoms with Crippen LogP contribution in [0.4, 0.5) is 10.1 Å². The molecule has 9 nitrogen and oxygen atoms in total. The number of aliphatic hydroxyl groups excluding tert-OH is 1. The molecule has 2 aliphatic rings. The molecule has 1 aromatic carbocycles. The molecule has 4 aromatic rings. The highest BCUT2D eigenvalue weighted by molar-refractivity contribution is 5.89. The van der Waals surface area contributed by atoms with Gasteiger partial charge in [0.1, 0.15) is 13.2 Å². The molecule has 2 atom stereocenters. The number of nitrogens with zero attached hydrogens (tertiary/aromatic N) is 5. The predicted octanol–water partition coefficient (Wildman–Crippen LogP) is 4.54. The van der Waals surface area contributed by atoms with Crippen molar-refractivity contribution in [1.82, 2.24) is 19.4 Å². The molecule has 10 heteroatoms. The Hall–Kier alpha value is -4.02. The average molecular weight is 588 g/mol. The summed E-state index contributed by atoms with van der Waals surface area (Å²) in [6, 6.07) is 9.63. The normalized spacial score (nSPS) is 18.2. The fourth-order valence-electron chi connectivity index (χ4n) is 6.26. The molecule has 226 valence electrons. The van der Waals surface area contributed by atoms with E-state index in [0.717, 1.165) is 48.6 Å². The third-order valence-corrected chi connectivity index (χ3v) is 8.43. The summed E-state index contributed by atoms with van der Waals surface area (Å²) < 4.78 is 28.7. The Balaban J connectivity index is 1.39. The van der Waals surface area contributed by atoms with E-state index < -0.39 is 5.82 Å². The molecule has 2 aliphatic heterocycles. The molecule has 1 fully saturated rings. The van der Waals surface area contributed by atoms with E-state index in [2.05, 4.69) is 31.9 Å². The predicted molar refractivity (Wildman–Crippen MR) is 163 cm³/mol. The second-order valence-electron chi connectivity index (χ2n) is 11.6. The Morgan fingerprint density at radius 1 is 1.16 bits per heavy atom. The third kappa shape index (κ3) is 5.94. The molecule has 1 N–H and O–H groups in total. The summed E-state index contributed by atoms with van der Waals surface area (Å²) in [6.45, 7) is 8.79. The van der Waals surface area contributed by atoms with Crippen molar-refractivity contribution >= 4 is 16.6 Å². The number of benzene rings is 1. The Morgan fingerprint density at radius 2 is 2.02 bits per heavy atom. The summed E-state index contributed by atoms with van der Waals surface area (Å²) in [5.74, 6) is -0.536. The van der Waals surface area contributed by atoms with Crippen molar-refractivity contribution < 1.29 is 19.0 Å². The second-order valence-corrected chi connectivity index (χ2v) is 11.6. The van der Waals surface area contributed by atoms with Crippen LogP contribution in [0.2, 0.25) is 0 Å². The molecule has 0 saturated carbocycles. The number of hydrogen-bond acceptors (Lipinski definition) is 8. The van der Waals surface area contributed by atoms with Gasteiger partial charge in [0, 0.05) is 61.6 Å². The Kier molecular flexibility index (Phi) is 8.32. The minimum Gasteiger partial charge on any atom is -0.485 e. The summed E-state index contributed by atoms with van der Waals surface area (Å²) in [4.78, 5) is 27.7. The van der Waals surface area contributed by atoms with Crippen molar-refractivity contribution in [1.29, 1.82) is 0 Å². The van der Waals surface area contributed by atoms with Crippen molar-refractivity contribution in [2.75, 3.05) is 37.8 Å².